The van der Waals surface area contributed by atoms with Crippen LogP contribution < -0.4 is 5.73 Å². The molecule has 1 saturated heterocycles. The second-order valence-corrected chi connectivity index (χ2v) is 3.74. The molecule has 0 amide bonds. The first-order chi connectivity index (χ1) is 7.31. The fourth-order valence-corrected chi connectivity index (χ4v) is 1.54. The van der Waals surface area contributed by atoms with E-state index in [0.29, 0.717) is 0 Å². The first-order valence-electron chi connectivity index (χ1n) is 4.69. The molecular formula is C8H15NO7. The molecule has 7 N–H and O–H groups in total. The normalized spacial score (nSPS) is 41.7. The van der Waals surface area contributed by atoms with E-state index in [-0.39, 0.29) is 6.54 Å². The first kappa shape index (κ1) is 13.3. The molecule has 0 radical (unpaired) electrons. The molecular weight excluding hydrogens is 222 g/mol. The fraction of sp³-hybridized carbons (Fsp3) is 0.875. The summed E-state index contributed by atoms with van der Waals surface area (Å²) in [5.74, 6) is -4.33. The minimum absolute atomic E-state index is 0.301. The van der Waals surface area contributed by atoms with E-state index in [4.69, 9.17) is 10.8 Å². The van der Waals surface area contributed by atoms with E-state index in [2.05, 4.69) is 4.74 Å². The van der Waals surface area contributed by atoms with Crippen LogP contribution in [0.15, 0.2) is 0 Å². The summed E-state index contributed by atoms with van der Waals surface area (Å²) in [6, 6.07) is 0. The van der Waals surface area contributed by atoms with Gasteiger partial charge in [0.2, 0.25) is 0 Å². The van der Waals surface area contributed by atoms with Crippen molar-refractivity contribution in [2.45, 2.75) is 36.6 Å². The van der Waals surface area contributed by atoms with Crippen molar-refractivity contribution in [3.05, 3.63) is 0 Å². The Balaban J connectivity index is 2.89. The van der Waals surface area contributed by atoms with Gasteiger partial charge in [-0.15, -0.1) is 0 Å². The molecule has 5 atom stereocenters. The Morgan fingerprint density at radius 1 is 1.56 bits per heavy atom. The van der Waals surface area contributed by atoms with E-state index in [0.717, 1.165) is 0 Å². The van der Waals surface area contributed by atoms with Crippen LogP contribution in [-0.4, -0.2) is 68.2 Å². The van der Waals surface area contributed by atoms with Gasteiger partial charge in [-0.3, -0.25) is 0 Å². The molecule has 1 aliphatic heterocycles. The van der Waals surface area contributed by atoms with Crippen LogP contribution in [-0.2, 0) is 9.53 Å². The third kappa shape index (κ3) is 2.32. The number of hydrogen-bond donors (Lipinski definition) is 6. The summed E-state index contributed by atoms with van der Waals surface area (Å²) in [4.78, 5) is 10.7. The minimum atomic E-state index is -2.63. The Hall–Kier alpha value is -0.770. The maximum atomic E-state index is 10.7. The summed E-state index contributed by atoms with van der Waals surface area (Å²) in [5.41, 5.74) is 5.12. The van der Waals surface area contributed by atoms with Crippen molar-refractivity contribution in [1.29, 1.82) is 0 Å². The van der Waals surface area contributed by atoms with E-state index in [1.165, 1.54) is 0 Å². The number of carboxylic acid groups (broad SMARTS) is 1. The zero-order valence-corrected chi connectivity index (χ0v) is 8.35. The number of aliphatic carboxylic acids is 1. The summed E-state index contributed by atoms with van der Waals surface area (Å²) < 4.78 is 4.69. The van der Waals surface area contributed by atoms with Crippen molar-refractivity contribution in [2.75, 3.05) is 6.54 Å². The minimum Gasteiger partial charge on any atom is -0.477 e. The summed E-state index contributed by atoms with van der Waals surface area (Å²) in [7, 11) is 0. The Morgan fingerprint density at radius 2 is 2.12 bits per heavy atom. The van der Waals surface area contributed by atoms with E-state index >= 15 is 0 Å². The second kappa shape index (κ2) is 4.62. The van der Waals surface area contributed by atoms with Crippen molar-refractivity contribution in [2.24, 2.45) is 5.73 Å². The number of ether oxygens (including phenoxy) is 1. The number of aliphatic hydroxyl groups excluding tert-OH is 3. The van der Waals surface area contributed by atoms with Crippen LogP contribution >= 0.6 is 0 Å². The molecule has 0 saturated carbocycles. The van der Waals surface area contributed by atoms with Gasteiger partial charge in [0.25, 0.3) is 5.79 Å². The number of carbonyl (C=O) groups is 1. The van der Waals surface area contributed by atoms with Crippen LogP contribution in [0.25, 0.3) is 0 Å². The summed E-state index contributed by atoms with van der Waals surface area (Å²) in [5, 5.41) is 46.4. The summed E-state index contributed by atoms with van der Waals surface area (Å²) in [6.07, 6.45) is -6.53. The van der Waals surface area contributed by atoms with E-state index in [1.54, 1.807) is 0 Å². The maximum absolute atomic E-state index is 10.7. The second-order valence-electron chi connectivity index (χ2n) is 3.74. The van der Waals surface area contributed by atoms with Crippen LogP contribution in [0.3, 0.4) is 0 Å². The topological polar surface area (TPSA) is 153 Å². The van der Waals surface area contributed by atoms with Gasteiger partial charge < -0.3 is 36.0 Å². The first-order valence-corrected chi connectivity index (χ1v) is 4.69. The van der Waals surface area contributed by atoms with Crippen LogP contribution in [0.5, 0.6) is 0 Å². The predicted molar refractivity (Wildman–Crippen MR) is 49.2 cm³/mol. The Morgan fingerprint density at radius 3 is 2.56 bits per heavy atom. The molecule has 16 heavy (non-hydrogen) atoms. The Bertz CT molecular complexity index is 273. The van der Waals surface area contributed by atoms with Gasteiger partial charge in [-0.25, -0.2) is 4.79 Å². The van der Waals surface area contributed by atoms with Gasteiger partial charge >= 0.3 is 5.97 Å². The predicted octanol–water partition coefficient (Wildman–Crippen LogP) is -3.41. The highest BCUT2D eigenvalue weighted by atomic mass is 16.7. The van der Waals surface area contributed by atoms with Gasteiger partial charge in [0.1, 0.15) is 12.2 Å². The van der Waals surface area contributed by atoms with Crippen LogP contribution in [0.2, 0.25) is 0 Å². The number of aliphatic hydroxyl groups is 4. The van der Waals surface area contributed by atoms with Gasteiger partial charge in [-0.05, 0) is 0 Å². The Labute approximate surface area is 90.9 Å². The molecule has 94 valence electrons. The third-order valence-corrected chi connectivity index (χ3v) is 2.50. The van der Waals surface area contributed by atoms with E-state index in [9.17, 15) is 25.2 Å². The van der Waals surface area contributed by atoms with Crippen LogP contribution in [0.1, 0.15) is 6.42 Å². The number of rotatable bonds is 3. The zero-order valence-electron chi connectivity index (χ0n) is 8.35. The molecule has 1 rings (SSSR count). The van der Waals surface area contributed by atoms with Crippen molar-refractivity contribution >= 4 is 5.97 Å². The molecule has 8 nitrogen and oxygen atoms in total. The smallest absolute Gasteiger partial charge is 0.364 e. The number of hydrogen-bond acceptors (Lipinski definition) is 7. The molecule has 0 aromatic heterocycles. The van der Waals surface area contributed by atoms with Gasteiger partial charge in [0.05, 0.1) is 12.2 Å². The summed E-state index contributed by atoms with van der Waals surface area (Å²) in [6.45, 7) is -0.301. The molecule has 0 spiro atoms. The zero-order chi connectivity index (χ0) is 12.5. The van der Waals surface area contributed by atoms with Gasteiger partial charge in [-0.1, -0.05) is 0 Å². The monoisotopic (exact) mass is 237 g/mol. The summed E-state index contributed by atoms with van der Waals surface area (Å²) >= 11 is 0. The average molecular weight is 237 g/mol. The molecule has 1 heterocycles. The molecule has 3 unspecified atom stereocenters. The van der Waals surface area contributed by atoms with Crippen LogP contribution in [0, 0.1) is 0 Å². The molecule has 0 bridgehead atoms. The average Bonchev–Trinajstić information content (AvgIpc) is 2.22. The highest BCUT2D eigenvalue weighted by Gasteiger charge is 2.51. The van der Waals surface area contributed by atoms with Crippen molar-refractivity contribution in [3.63, 3.8) is 0 Å². The molecule has 1 aliphatic rings. The molecule has 0 aromatic carbocycles. The maximum Gasteiger partial charge on any atom is 0.364 e. The molecule has 8 heteroatoms. The fourth-order valence-electron chi connectivity index (χ4n) is 1.54. The lowest BCUT2D eigenvalue weighted by molar-refractivity contribution is -0.306. The highest BCUT2D eigenvalue weighted by molar-refractivity contribution is 5.75. The van der Waals surface area contributed by atoms with Crippen molar-refractivity contribution in [3.8, 4) is 0 Å². The van der Waals surface area contributed by atoms with Gasteiger partial charge in [0.15, 0.2) is 0 Å². The standard InChI is InChI=1S/C8H15NO7/c9-2-4(11)6-5(12)3(10)1-8(15,16-6)7(13)14/h3-6,10-12,15H,1-2,9H2,(H,13,14)/t3?,4-,5-,6?,8?/m1/s1. The highest BCUT2D eigenvalue weighted by Crippen LogP contribution is 2.29. The lowest BCUT2D eigenvalue weighted by atomic mass is 9.92. The van der Waals surface area contributed by atoms with Crippen LogP contribution in [0.4, 0.5) is 0 Å². The SMILES string of the molecule is NC[C@@H](O)C1OC(O)(C(=O)O)CC(O)[C@H]1O. The van der Waals surface area contributed by atoms with Crippen molar-refractivity contribution < 1.29 is 35.1 Å². The molecule has 0 aromatic rings. The molecule has 0 aliphatic carbocycles. The van der Waals surface area contributed by atoms with Gasteiger partial charge in [0, 0.05) is 13.0 Å². The quantitative estimate of drug-likeness (QED) is 0.297. The number of nitrogens with two attached hydrogens (primary N) is 1. The lowest BCUT2D eigenvalue weighted by Crippen LogP contribution is -2.62. The lowest BCUT2D eigenvalue weighted by Gasteiger charge is -2.41. The number of carboxylic acids is 1. The van der Waals surface area contributed by atoms with E-state index < -0.39 is 42.6 Å². The van der Waals surface area contributed by atoms with E-state index in [1.807, 2.05) is 0 Å². The molecule has 1 fully saturated rings. The van der Waals surface area contributed by atoms with Crippen molar-refractivity contribution in [1.82, 2.24) is 0 Å². The van der Waals surface area contributed by atoms with Gasteiger partial charge in [-0.2, -0.15) is 0 Å². The Kier molecular flexibility index (Phi) is 3.84. The third-order valence-electron chi connectivity index (χ3n) is 2.50. The largest absolute Gasteiger partial charge is 0.477 e.